The van der Waals surface area contributed by atoms with Crippen LogP contribution in [-0.4, -0.2) is 42.0 Å². The van der Waals surface area contributed by atoms with Gasteiger partial charge < -0.3 is 25.6 Å². The molecule has 0 saturated carbocycles. The van der Waals surface area contributed by atoms with E-state index < -0.39 is 0 Å². The molecule has 1 fully saturated rings. The summed E-state index contributed by atoms with van der Waals surface area (Å²) in [7, 11) is 1.59. The number of anilines is 3. The third-order valence-electron chi connectivity index (χ3n) is 5.44. The van der Waals surface area contributed by atoms with E-state index in [-0.39, 0.29) is 11.9 Å². The average Bonchev–Trinajstić information content (AvgIpc) is 3.39. The van der Waals surface area contributed by atoms with Crippen molar-refractivity contribution in [1.29, 1.82) is 0 Å². The van der Waals surface area contributed by atoms with Gasteiger partial charge in [-0.1, -0.05) is 24.3 Å². The number of hydrogen-bond donors (Lipinski definition) is 3. The van der Waals surface area contributed by atoms with Crippen molar-refractivity contribution in [2.45, 2.75) is 19.4 Å². The zero-order valence-corrected chi connectivity index (χ0v) is 18.5. The second-order valence-electron chi connectivity index (χ2n) is 7.73. The number of likely N-dealkylation sites (tertiary alicyclic amines) is 1. The lowest BCUT2D eigenvalue weighted by Crippen LogP contribution is -2.32. The number of aromatic nitrogens is 1. The Labute approximate surface area is 193 Å². The van der Waals surface area contributed by atoms with Crippen molar-refractivity contribution in [3.05, 3.63) is 78.0 Å². The second kappa shape index (κ2) is 10.5. The maximum absolute atomic E-state index is 12.9. The minimum Gasteiger partial charge on any atom is -0.495 e. The highest BCUT2D eigenvalue weighted by atomic mass is 16.5. The smallest absolute Gasteiger partial charge is 0.321 e. The fraction of sp³-hybridized carbons (Fsp3) is 0.240. The van der Waals surface area contributed by atoms with Crippen LogP contribution in [0.25, 0.3) is 0 Å². The second-order valence-corrected chi connectivity index (χ2v) is 7.73. The van der Waals surface area contributed by atoms with Gasteiger partial charge in [-0.3, -0.25) is 4.79 Å². The van der Waals surface area contributed by atoms with Gasteiger partial charge >= 0.3 is 6.03 Å². The molecule has 0 atom stereocenters. The van der Waals surface area contributed by atoms with Crippen LogP contribution in [0.4, 0.5) is 22.0 Å². The molecular weight excluding hydrogens is 418 g/mol. The Hall–Kier alpha value is -4.07. The standard InChI is InChI=1S/C25H27N5O3/c1-33-22-12-3-2-11-21(22)29-23-20(10-7-13-26-23)24(31)27-17-18-8-6-9-19(16-18)28-25(32)30-14-4-5-15-30/h2-3,6-13,16H,4-5,14-15,17H2,1H3,(H,26,29)(H,27,31)(H,28,32). The number of rotatable bonds is 7. The van der Waals surface area contributed by atoms with E-state index >= 15 is 0 Å². The Balaban J connectivity index is 1.41. The van der Waals surface area contributed by atoms with Gasteiger partial charge in [0.25, 0.3) is 5.91 Å². The molecule has 3 N–H and O–H groups in total. The number of pyridine rings is 1. The summed E-state index contributed by atoms with van der Waals surface area (Å²) in [6.45, 7) is 1.89. The van der Waals surface area contributed by atoms with Crippen LogP contribution in [0.1, 0.15) is 28.8 Å². The number of nitrogens with zero attached hydrogens (tertiary/aromatic N) is 2. The highest BCUT2D eigenvalue weighted by Gasteiger charge is 2.18. The van der Waals surface area contributed by atoms with E-state index in [2.05, 4.69) is 20.9 Å². The molecule has 2 aromatic carbocycles. The van der Waals surface area contributed by atoms with Crippen LogP contribution >= 0.6 is 0 Å². The molecule has 1 aliphatic heterocycles. The summed E-state index contributed by atoms with van der Waals surface area (Å²) in [6.07, 6.45) is 3.71. The number of methoxy groups -OCH3 is 1. The molecule has 0 aliphatic carbocycles. The van der Waals surface area contributed by atoms with Crippen molar-refractivity contribution < 1.29 is 14.3 Å². The maximum Gasteiger partial charge on any atom is 0.321 e. The van der Waals surface area contributed by atoms with Gasteiger partial charge in [0.05, 0.1) is 18.4 Å². The Morgan fingerprint density at radius 2 is 1.85 bits per heavy atom. The van der Waals surface area contributed by atoms with Crippen LogP contribution in [0.5, 0.6) is 5.75 Å². The summed E-state index contributed by atoms with van der Waals surface area (Å²) < 4.78 is 5.37. The number of carbonyl (C=O) groups is 2. The van der Waals surface area contributed by atoms with Crippen LogP contribution in [-0.2, 0) is 6.54 Å². The molecule has 0 radical (unpaired) electrons. The molecule has 3 amide bonds. The summed E-state index contributed by atoms with van der Waals surface area (Å²) in [4.78, 5) is 31.4. The van der Waals surface area contributed by atoms with Crippen molar-refractivity contribution in [3.8, 4) is 5.75 Å². The van der Waals surface area contributed by atoms with E-state index in [4.69, 9.17) is 4.74 Å². The molecule has 0 bridgehead atoms. The zero-order valence-electron chi connectivity index (χ0n) is 18.5. The number of hydrogen-bond acceptors (Lipinski definition) is 5. The van der Waals surface area contributed by atoms with Gasteiger partial charge in [0.2, 0.25) is 0 Å². The van der Waals surface area contributed by atoms with E-state index in [0.717, 1.165) is 31.5 Å². The first kappa shape index (κ1) is 22.1. The molecule has 1 saturated heterocycles. The van der Waals surface area contributed by atoms with Gasteiger partial charge in [-0.2, -0.15) is 0 Å². The molecule has 8 nitrogen and oxygen atoms in total. The van der Waals surface area contributed by atoms with Crippen LogP contribution < -0.4 is 20.7 Å². The minimum atomic E-state index is -0.257. The third-order valence-corrected chi connectivity index (χ3v) is 5.44. The van der Waals surface area contributed by atoms with Gasteiger partial charge in [0.15, 0.2) is 0 Å². The van der Waals surface area contributed by atoms with Gasteiger partial charge in [0.1, 0.15) is 11.6 Å². The fourth-order valence-electron chi connectivity index (χ4n) is 3.72. The average molecular weight is 446 g/mol. The number of amides is 3. The monoisotopic (exact) mass is 445 g/mol. The molecule has 2 heterocycles. The topological polar surface area (TPSA) is 95.6 Å². The first-order valence-electron chi connectivity index (χ1n) is 10.9. The molecule has 4 rings (SSSR count). The fourth-order valence-corrected chi connectivity index (χ4v) is 3.72. The van der Waals surface area contributed by atoms with E-state index in [1.54, 1.807) is 25.4 Å². The van der Waals surface area contributed by atoms with Crippen molar-refractivity contribution in [2.75, 3.05) is 30.8 Å². The van der Waals surface area contributed by atoms with Crippen LogP contribution in [0, 0.1) is 0 Å². The third kappa shape index (κ3) is 5.60. The number of carbonyl (C=O) groups excluding carboxylic acids is 2. The first-order valence-corrected chi connectivity index (χ1v) is 10.9. The zero-order chi connectivity index (χ0) is 23.0. The number of para-hydroxylation sites is 2. The van der Waals surface area contributed by atoms with Crippen molar-refractivity contribution in [2.24, 2.45) is 0 Å². The van der Waals surface area contributed by atoms with Gasteiger partial charge in [0, 0.05) is 31.5 Å². The summed E-state index contributed by atoms with van der Waals surface area (Å²) in [5.74, 6) is 0.834. The predicted molar refractivity (Wildman–Crippen MR) is 128 cm³/mol. The van der Waals surface area contributed by atoms with Gasteiger partial charge in [-0.05, 0) is 54.8 Å². The summed E-state index contributed by atoms with van der Waals surface area (Å²) >= 11 is 0. The van der Waals surface area contributed by atoms with Crippen molar-refractivity contribution >= 4 is 29.1 Å². The van der Waals surface area contributed by atoms with Gasteiger partial charge in [-0.25, -0.2) is 9.78 Å². The van der Waals surface area contributed by atoms with E-state index in [9.17, 15) is 9.59 Å². The predicted octanol–water partition coefficient (Wildman–Crippen LogP) is 4.39. The summed E-state index contributed by atoms with van der Waals surface area (Å²) in [5.41, 5.74) is 2.72. The number of nitrogens with one attached hydrogen (secondary N) is 3. The molecule has 0 unspecified atom stereocenters. The molecule has 0 spiro atoms. The highest BCUT2D eigenvalue weighted by molar-refractivity contribution is 5.99. The largest absolute Gasteiger partial charge is 0.495 e. The maximum atomic E-state index is 12.9. The Bertz CT molecular complexity index is 1130. The summed E-state index contributed by atoms with van der Waals surface area (Å²) in [6, 6.07) is 18.3. The first-order chi connectivity index (χ1) is 16.1. The van der Waals surface area contributed by atoms with Crippen molar-refractivity contribution in [1.82, 2.24) is 15.2 Å². The SMILES string of the molecule is COc1ccccc1Nc1ncccc1C(=O)NCc1cccc(NC(=O)N2CCCC2)c1. The molecule has 170 valence electrons. The molecule has 1 aromatic heterocycles. The summed E-state index contributed by atoms with van der Waals surface area (Å²) in [5, 5.41) is 9.05. The highest BCUT2D eigenvalue weighted by Crippen LogP contribution is 2.27. The molecular formula is C25H27N5O3. The lowest BCUT2D eigenvalue weighted by molar-refractivity contribution is 0.0951. The number of ether oxygens (including phenoxy) is 1. The Morgan fingerprint density at radius 3 is 2.67 bits per heavy atom. The van der Waals surface area contributed by atoms with Crippen molar-refractivity contribution in [3.63, 3.8) is 0 Å². The van der Waals surface area contributed by atoms with Crippen LogP contribution in [0.15, 0.2) is 66.9 Å². The van der Waals surface area contributed by atoms with E-state index in [1.807, 2.05) is 53.4 Å². The normalized spacial score (nSPS) is 12.8. The molecule has 1 aliphatic rings. The van der Waals surface area contributed by atoms with E-state index in [1.165, 1.54) is 0 Å². The molecule has 33 heavy (non-hydrogen) atoms. The Morgan fingerprint density at radius 1 is 1.03 bits per heavy atom. The molecule has 3 aromatic rings. The number of urea groups is 1. The Kier molecular flexibility index (Phi) is 7.04. The number of benzene rings is 2. The van der Waals surface area contributed by atoms with E-state index in [0.29, 0.717) is 35.1 Å². The quantitative estimate of drug-likeness (QED) is 0.501. The minimum absolute atomic E-state index is 0.0869. The van der Waals surface area contributed by atoms with Crippen LogP contribution in [0.3, 0.4) is 0 Å². The van der Waals surface area contributed by atoms with Gasteiger partial charge in [-0.15, -0.1) is 0 Å². The van der Waals surface area contributed by atoms with Crippen LogP contribution in [0.2, 0.25) is 0 Å². The molecule has 8 heteroatoms. The lowest BCUT2D eigenvalue weighted by atomic mass is 10.2. The lowest BCUT2D eigenvalue weighted by Gasteiger charge is -2.16.